The lowest BCUT2D eigenvalue weighted by Gasteiger charge is -2.12. The van der Waals surface area contributed by atoms with E-state index in [0.717, 1.165) is 20.6 Å². The van der Waals surface area contributed by atoms with Crippen LogP contribution in [0.25, 0.3) is 11.3 Å². The predicted molar refractivity (Wildman–Crippen MR) is 94.5 cm³/mol. The maximum absolute atomic E-state index is 12.0. The van der Waals surface area contributed by atoms with Gasteiger partial charge in [0.2, 0.25) is 17.7 Å². The standard InChI is InChI=1S/C16H14BrN3O3S/c17-11-3-1-2-10(8-11)12-9-24-16(18-12)19-13(21)6-7-20-14(22)4-5-15(20)23/h1-3,8-9H,4-7H2,(H,18,19,21). The average molecular weight is 408 g/mol. The number of rotatable bonds is 5. The van der Waals surface area contributed by atoms with Crippen molar-refractivity contribution >= 4 is 50.1 Å². The number of benzene rings is 1. The molecule has 6 nitrogen and oxygen atoms in total. The molecule has 24 heavy (non-hydrogen) atoms. The summed E-state index contributed by atoms with van der Waals surface area (Å²) in [7, 11) is 0. The smallest absolute Gasteiger partial charge is 0.229 e. The van der Waals surface area contributed by atoms with Crippen LogP contribution in [-0.2, 0) is 14.4 Å². The van der Waals surface area contributed by atoms with E-state index in [-0.39, 0.29) is 43.5 Å². The van der Waals surface area contributed by atoms with E-state index in [9.17, 15) is 14.4 Å². The predicted octanol–water partition coefficient (Wildman–Crippen LogP) is 3.05. The molecule has 1 aliphatic heterocycles. The van der Waals surface area contributed by atoms with Gasteiger partial charge in [-0.15, -0.1) is 11.3 Å². The van der Waals surface area contributed by atoms with E-state index in [4.69, 9.17) is 0 Å². The van der Waals surface area contributed by atoms with Gasteiger partial charge in [-0.05, 0) is 12.1 Å². The van der Waals surface area contributed by atoms with Crippen molar-refractivity contribution in [1.82, 2.24) is 9.88 Å². The first-order valence-electron chi connectivity index (χ1n) is 7.37. The Kier molecular flexibility index (Phi) is 5.06. The maximum Gasteiger partial charge on any atom is 0.229 e. The fourth-order valence-corrected chi connectivity index (χ4v) is 3.51. The molecule has 0 unspecified atom stereocenters. The molecule has 0 radical (unpaired) electrons. The van der Waals surface area contributed by atoms with Gasteiger partial charge < -0.3 is 5.32 Å². The topological polar surface area (TPSA) is 79.4 Å². The number of carbonyl (C=O) groups excluding carboxylic acids is 3. The van der Waals surface area contributed by atoms with Crippen molar-refractivity contribution in [3.05, 3.63) is 34.1 Å². The Balaban J connectivity index is 1.57. The van der Waals surface area contributed by atoms with Crippen molar-refractivity contribution in [3.63, 3.8) is 0 Å². The highest BCUT2D eigenvalue weighted by atomic mass is 79.9. The third-order valence-corrected chi connectivity index (χ3v) is 4.84. The molecule has 1 aromatic heterocycles. The molecule has 0 aliphatic carbocycles. The molecule has 0 bridgehead atoms. The van der Waals surface area contributed by atoms with Crippen LogP contribution in [0, 0.1) is 0 Å². The van der Waals surface area contributed by atoms with Gasteiger partial charge in [0.05, 0.1) is 5.69 Å². The summed E-state index contributed by atoms with van der Waals surface area (Å²) in [5, 5.41) is 5.07. The molecule has 2 aromatic rings. The molecule has 3 amide bonds. The lowest BCUT2D eigenvalue weighted by molar-refractivity contribution is -0.138. The quantitative estimate of drug-likeness (QED) is 0.772. The minimum absolute atomic E-state index is 0.0727. The van der Waals surface area contributed by atoms with Crippen molar-refractivity contribution in [2.45, 2.75) is 19.3 Å². The van der Waals surface area contributed by atoms with Crippen LogP contribution in [0.3, 0.4) is 0 Å². The van der Waals surface area contributed by atoms with Crippen molar-refractivity contribution in [2.75, 3.05) is 11.9 Å². The number of halogens is 1. The van der Waals surface area contributed by atoms with Crippen molar-refractivity contribution in [2.24, 2.45) is 0 Å². The van der Waals surface area contributed by atoms with E-state index < -0.39 is 0 Å². The fraction of sp³-hybridized carbons (Fsp3) is 0.250. The Hall–Kier alpha value is -2.06. The second-order valence-corrected chi connectivity index (χ2v) is 7.06. The number of carbonyl (C=O) groups is 3. The first-order valence-corrected chi connectivity index (χ1v) is 9.05. The zero-order chi connectivity index (χ0) is 17.1. The number of aromatic nitrogens is 1. The van der Waals surface area contributed by atoms with Crippen LogP contribution in [0.4, 0.5) is 5.13 Å². The number of hydrogen-bond acceptors (Lipinski definition) is 5. The number of imide groups is 1. The molecule has 1 N–H and O–H groups in total. The van der Waals surface area contributed by atoms with Crippen molar-refractivity contribution in [3.8, 4) is 11.3 Å². The van der Waals surface area contributed by atoms with Crippen LogP contribution < -0.4 is 5.32 Å². The molecule has 0 spiro atoms. The molecular weight excluding hydrogens is 394 g/mol. The Morgan fingerprint density at radius 3 is 2.75 bits per heavy atom. The molecule has 2 heterocycles. The van der Waals surface area contributed by atoms with Crippen LogP contribution in [0.15, 0.2) is 34.1 Å². The van der Waals surface area contributed by atoms with Crippen LogP contribution in [-0.4, -0.2) is 34.2 Å². The summed E-state index contributed by atoms with van der Waals surface area (Å²) in [6.45, 7) is 0.118. The van der Waals surface area contributed by atoms with Crippen molar-refractivity contribution < 1.29 is 14.4 Å². The summed E-state index contributed by atoms with van der Waals surface area (Å²) in [6.07, 6.45) is 0.551. The summed E-state index contributed by atoms with van der Waals surface area (Å²) in [4.78, 5) is 40.5. The molecule has 124 valence electrons. The van der Waals surface area contributed by atoms with Crippen molar-refractivity contribution in [1.29, 1.82) is 0 Å². The Labute approximate surface area is 151 Å². The SMILES string of the molecule is O=C(CCN1C(=O)CCC1=O)Nc1nc(-c2cccc(Br)c2)cs1. The van der Waals surface area contributed by atoms with Crippen LogP contribution >= 0.6 is 27.3 Å². The van der Waals surface area contributed by atoms with E-state index in [1.165, 1.54) is 11.3 Å². The van der Waals surface area contributed by atoms with E-state index in [1.807, 2.05) is 29.6 Å². The normalized spacial score (nSPS) is 14.3. The van der Waals surface area contributed by atoms with Gasteiger partial charge in [0.15, 0.2) is 5.13 Å². The van der Waals surface area contributed by atoms with Gasteiger partial charge in [0.25, 0.3) is 0 Å². The molecule has 1 fully saturated rings. The maximum atomic E-state index is 12.0. The van der Waals surface area contributed by atoms with Crippen LogP contribution in [0.2, 0.25) is 0 Å². The molecule has 0 atom stereocenters. The molecule has 3 rings (SSSR count). The van der Waals surface area contributed by atoms with Crippen LogP contribution in [0.5, 0.6) is 0 Å². The van der Waals surface area contributed by atoms with E-state index in [1.54, 1.807) is 0 Å². The van der Waals surface area contributed by atoms with Gasteiger partial charge in [-0.1, -0.05) is 28.1 Å². The number of anilines is 1. The second-order valence-electron chi connectivity index (χ2n) is 5.29. The lowest BCUT2D eigenvalue weighted by Crippen LogP contribution is -2.32. The number of amides is 3. The summed E-state index contributed by atoms with van der Waals surface area (Å²) in [6, 6.07) is 7.74. The first-order chi connectivity index (χ1) is 11.5. The van der Waals surface area contributed by atoms with Gasteiger partial charge in [-0.3, -0.25) is 19.3 Å². The molecule has 8 heteroatoms. The highest BCUT2D eigenvalue weighted by Gasteiger charge is 2.28. The van der Waals surface area contributed by atoms with E-state index in [2.05, 4.69) is 26.2 Å². The zero-order valence-electron chi connectivity index (χ0n) is 12.6. The lowest BCUT2D eigenvalue weighted by atomic mass is 10.2. The van der Waals surface area contributed by atoms with Gasteiger partial charge in [0.1, 0.15) is 0 Å². The summed E-state index contributed by atoms with van der Waals surface area (Å²) in [5.41, 5.74) is 1.73. The highest BCUT2D eigenvalue weighted by Crippen LogP contribution is 2.27. The van der Waals surface area contributed by atoms with E-state index in [0.29, 0.717) is 5.13 Å². The minimum Gasteiger partial charge on any atom is -0.302 e. The Morgan fingerprint density at radius 1 is 1.29 bits per heavy atom. The molecule has 1 aromatic carbocycles. The van der Waals surface area contributed by atoms with Crippen LogP contribution in [0.1, 0.15) is 19.3 Å². The number of hydrogen-bond donors (Lipinski definition) is 1. The molecule has 1 saturated heterocycles. The molecule has 0 saturated carbocycles. The van der Waals surface area contributed by atoms with Gasteiger partial charge >= 0.3 is 0 Å². The first kappa shape index (κ1) is 16.8. The zero-order valence-corrected chi connectivity index (χ0v) is 15.0. The summed E-state index contributed by atoms with van der Waals surface area (Å²) >= 11 is 4.75. The van der Waals surface area contributed by atoms with Gasteiger partial charge in [-0.2, -0.15) is 0 Å². The largest absolute Gasteiger partial charge is 0.302 e. The summed E-state index contributed by atoms with van der Waals surface area (Å²) in [5.74, 6) is -0.685. The fourth-order valence-electron chi connectivity index (χ4n) is 2.38. The van der Waals surface area contributed by atoms with E-state index >= 15 is 0 Å². The number of nitrogens with one attached hydrogen (secondary N) is 1. The number of likely N-dealkylation sites (tertiary alicyclic amines) is 1. The number of nitrogens with zero attached hydrogens (tertiary/aromatic N) is 2. The molecule has 1 aliphatic rings. The van der Waals surface area contributed by atoms with Gasteiger partial charge in [-0.25, -0.2) is 4.98 Å². The summed E-state index contributed by atoms with van der Waals surface area (Å²) < 4.78 is 0.957. The second kappa shape index (κ2) is 7.23. The van der Waals surface area contributed by atoms with Gasteiger partial charge in [0, 0.05) is 41.2 Å². The Morgan fingerprint density at radius 2 is 2.04 bits per heavy atom. The molecular formula is C16H14BrN3O3S. The third-order valence-electron chi connectivity index (χ3n) is 3.59. The monoisotopic (exact) mass is 407 g/mol. The highest BCUT2D eigenvalue weighted by molar-refractivity contribution is 9.10. The average Bonchev–Trinajstić information content (AvgIpc) is 3.13. The Bertz CT molecular complexity index is 789. The number of thiazole rings is 1. The third kappa shape index (κ3) is 3.88. The minimum atomic E-state index is -0.266.